The third kappa shape index (κ3) is 3.42. The van der Waals surface area contributed by atoms with Crippen LogP contribution in [-0.2, 0) is 14.8 Å². The Hall–Kier alpha value is -1.41. The third-order valence-electron chi connectivity index (χ3n) is 4.65. The van der Waals surface area contributed by atoms with Crippen molar-refractivity contribution in [3.05, 3.63) is 17.5 Å². The molecular formula is C15H24N4O3S. The minimum Gasteiger partial charge on any atom is -0.339 e. The van der Waals surface area contributed by atoms with Crippen LogP contribution in [0, 0.1) is 13.8 Å². The Labute approximate surface area is 137 Å². The molecule has 2 saturated heterocycles. The molecule has 3 rings (SSSR count). The zero-order chi connectivity index (χ0) is 16.6. The molecule has 0 bridgehead atoms. The molecule has 0 aromatic carbocycles. The van der Waals surface area contributed by atoms with Gasteiger partial charge in [-0.2, -0.15) is 9.40 Å². The second kappa shape index (κ2) is 6.24. The summed E-state index contributed by atoms with van der Waals surface area (Å²) >= 11 is 0. The standard InChI is InChI=1S/C15H24N4O3S/c1-12-9-13(2)19(16-12)14-5-3-6-17(10-14)15(20)11-18-7-4-8-23(18,21)22/h9,14H,3-8,10-11H2,1-2H3/t14-/m0/s1. The maximum absolute atomic E-state index is 12.5. The van der Waals surface area contributed by atoms with Crippen molar-refractivity contribution in [3.8, 4) is 0 Å². The number of amides is 1. The predicted octanol–water partition coefficient (Wildman–Crippen LogP) is 0.699. The summed E-state index contributed by atoms with van der Waals surface area (Å²) in [6, 6.07) is 2.22. The van der Waals surface area contributed by atoms with E-state index in [1.54, 1.807) is 4.90 Å². The van der Waals surface area contributed by atoms with Gasteiger partial charge >= 0.3 is 0 Å². The van der Waals surface area contributed by atoms with Crippen molar-refractivity contribution < 1.29 is 13.2 Å². The lowest BCUT2D eigenvalue weighted by Crippen LogP contribution is -2.46. The fourth-order valence-corrected chi connectivity index (χ4v) is 4.98. The lowest BCUT2D eigenvalue weighted by atomic mass is 10.1. The number of piperidine rings is 1. The Bertz CT molecular complexity index is 698. The number of aromatic nitrogens is 2. The van der Waals surface area contributed by atoms with E-state index in [0.717, 1.165) is 24.2 Å². The van der Waals surface area contributed by atoms with E-state index >= 15 is 0 Å². The van der Waals surface area contributed by atoms with Crippen molar-refractivity contribution in [1.82, 2.24) is 19.0 Å². The Morgan fingerprint density at radius 3 is 2.70 bits per heavy atom. The van der Waals surface area contributed by atoms with Crippen LogP contribution in [0.1, 0.15) is 36.7 Å². The second-order valence-electron chi connectivity index (χ2n) is 6.51. The molecule has 1 amide bonds. The highest BCUT2D eigenvalue weighted by atomic mass is 32.2. The summed E-state index contributed by atoms with van der Waals surface area (Å²) in [6.45, 7) is 5.73. The average Bonchev–Trinajstić information content (AvgIpc) is 3.01. The maximum atomic E-state index is 12.5. The molecule has 1 atom stereocenters. The van der Waals surface area contributed by atoms with E-state index in [1.807, 2.05) is 24.6 Å². The number of aryl methyl sites for hydroxylation is 2. The zero-order valence-corrected chi connectivity index (χ0v) is 14.5. The average molecular weight is 340 g/mol. The van der Waals surface area contributed by atoms with E-state index in [2.05, 4.69) is 5.10 Å². The van der Waals surface area contributed by atoms with Gasteiger partial charge in [0.05, 0.1) is 24.0 Å². The number of sulfonamides is 1. The van der Waals surface area contributed by atoms with E-state index in [-0.39, 0.29) is 24.2 Å². The van der Waals surface area contributed by atoms with Gasteiger partial charge in [-0.25, -0.2) is 8.42 Å². The van der Waals surface area contributed by atoms with Gasteiger partial charge in [0, 0.05) is 25.3 Å². The molecule has 2 aliphatic rings. The predicted molar refractivity (Wildman–Crippen MR) is 86.5 cm³/mol. The van der Waals surface area contributed by atoms with Crippen LogP contribution in [0.5, 0.6) is 0 Å². The third-order valence-corrected chi connectivity index (χ3v) is 6.56. The normalized spacial score (nSPS) is 25.0. The summed E-state index contributed by atoms with van der Waals surface area (Å²) in [6.07, 6.45) is 2.53. The number of hydrogen-bond donors (Lipinski definition) is 0. The summed E-state index contributed by atoms with van der Waals surface area (Å²) in [5.41, 5.74) is 2.08. The molecule has 1 aromatic rings. The number of nitrogens with zero attached hydrogens (tertiary/aromatic N) is 4. The Morgan fingerprint density at radius 2 is 2.09 bits per heavy atom. The molecular weight excluding hydrogens is 316 g/mol. The molecule has 2 aliphatic heterocycles. The number of rotatable bonds is 3. The van der Waals surface area contributed by atoms with Crippen LogP contribution in [0.25, 0.3) is 0 Å². The molecule has 2 fully saturated rings. The van der Waals surface area contributed by atoms with Crippen molar-refractivity contribution in [1.29, 1.82) is 0 Å². The molecule has 23 heavy (non-hydrogen) atoms. The summed E-state index contributed by atoms with van der Waals surface area (Å²) in [5.74, 6) is 0.0657. The quantitative estimate of drug-likeness (QED) is 0.812. The van der Waals surface area contributed by atoms with E-state index in [4.69, 9.17) is 0 Å². The summed E-state index contributed by atoms with van der Waals surface area (Å²) < 4.78 is 27.0. The van der Waals surface area contributed by atoms with E-state index < -0.39 is 10.0 Å². The first kappa shape index (κ1) is 16.4. The highest BCUT2D eigenvalue weighted by Gasteiger charge is 2.33. The first-order valence-electron chi connectivity index (χ1n) is 8.15. The lowest BCUT2D eigenvalue weighted by molar-refractivity contribution is -0.133. The first-order valence-corrected chi connectivity index (χ1v) is 9.76. The maximum Gasteiger partial charge on any atom is 0.237 e. The van der Waals surface area contributed by atoms with E-state index in [1.165, 1.54) is 4.31 Å². The monoisotopic (exact) mass is 340 g/mol. The van der Waals surface area contributed by atoms with Gasteiger partial charge < -0.3 is 4.90 Å². The lowest BCUT2D eigenvalue weighted by Gasteiger charge is -2.34. The molecule has 128 valence electrons. The molecule has 7 nitrogen and oxygen atoms in total. The molecule has 3 heterocycles. The molecule has 0 aliphatic carbocycles. The van der Waals surface area contributed by atoms with Crippen molar-refractivity contribution in [3.63, 3.8) is 0 Å². The van der Waals surface area contributed by atoms with Crippen molar-refractivity contribution >= 4 is 15.9 Å². The van der Waals surface area contributed by atoms with Crippen LogP contribution in [0.4, 0.5) is 0 Å². The smallest absolute Gasteiger partial charge is 0.237 e. The minimum atomic E-state index is -3.22. The Balaban J connectivity index is 1.66. The van der Waals surface area contributed by atoms with Crippen LogP contribution in [0.2, 0.25) is 0 Å². The summed E-state index contributed by atoms with van der Waals surface area (Å²) in [7, 11) is -3.22. The van der Waals surface area contributed by atoms with Gasteiger partial charge in [-0.3, -0.25) is 9.48 Å². The van der Waals surface area contributed by atoms with Gasteiger partial charge in [0.1, 0.15) is 0 Å². The molecule has 1 aromatic heterocycles. The second-order valence-corrected chi connectivity index (χ2v) is 8.60. The number of carbonyl (C=O) groups excluding carboxylic acids is 1. The van der Waals surface area contributed by atoms with E-state index in [0.29, 0.717) is 26.1 Å². The number of likely N-dealkylation sites (tertiary alicyclic amines) is 1. The summed E-state index contributed by atoms with van der Waals surface area (Å²) in [4.78, 5) is 14.3. The topological polar surface area (TPSA) is 75.5 Å². The van der Waals surface area contributed by atoms with Gasteiger partial charge in [0.25, 0.3) is 0 Å². The molecule has 8 heteroatoms. The molecule has 0 N–H and O–H groups in total. The van der Waals surface area contributed by atoms with Crippen LogP contribution in [-0.4, -0.2) is 65.2 Å². The fourth-order valence-electron chi connectivity index (χ4n) is 3.52. The van der Waals surface area contributed by atoms with Crippen LogP contribution in [0.3, 0.4) is 0 Å². The molecule has 0 spiro atoms. The Kier molecular flexibility index (Phi) is 4.46. The first-order chi connectivity index (χ1) is 10.9. The zero-order valence-electron chi connectivity index (χ0n) is 13.7. The van der Waals surface area contributed by atoms with Crippen molar-refractivity contribution in [2.24, 2.45) is 0 Å². The fraction of sp³-hybridized carbons (Fsp3) is 0.733. The van der Waals surface area contributed by atoms with Gasteiger partial charge in [-0.15, -0.1) is 0 Å². The summed E-state index contributed by atoms with van der Waals surface area (Å²) in [5, 5.41) is 4.53. The molecule has 0 radical (unpaired) electrons. The largest absolute Gasteiger partial charge is 0.339 e. The molecule has 0 saturated carbocycles. The highest BCUT2D eigenvalue weighted by Crippen LogP contribution is 2.23. The minimum absolute atomic E-state index is 0.0217. The van der Waals surface area contributed by atoms with Crippen LogP contribution in [0.15, 0.2) is 6.07 Å². The van der Waals surface area contributed by atoms with Gasteiger partial charge in [-0.1, -0.05) is 0 Å². The molecule has 0 unspecified atom stereocenters. The van der Waals surface area contributed by atoms with E-state index in [9.17, 15) is 13.2 Å². The Morgan fingerprint density at radius 1 is 1.30 bits per heavy atom. The number of hydrogen-bond acceptors (Lipinski definition) is 4. The number of carbonyl (C=O) groups is 1. The highest BCUT2D eigenvalue weighted by molar-refractivity contribution is 7.89. The SMILES string of the molecule is Cc1cc(C)n([C@H]2CCCN(C(=O)CN3CCCS3(=O)=O)C2)n1. The van der Waals surface area contributed by atoms with Gasteiger partial charge in [0.2, 0.25) is 15.9 Å². The van der Waals surface area contributed by atoms with Gasteiger partial charge in [0.15, 0.2) is 0 Å². The van der Waals surface area contributed by atoms with Gasteiger partial charge in [-0.05, 0) is 39.2 Å². The van der Waals surface area contributed by atoms with Crippen molar-refractivity contribution in [2.75, 3.05) is 31.9 Å². The van der Waals surface area contributed by atoms with Crippen LogP contribution < -0.4 is 0 Å². The van der Waals surface area contributed by atoms with Crippen LogP contribution >= 0.6 is 0 Å². The van der Waals surface area contributed by atoms with Crippen molar-refractivity contribution in [2.45, 2.75) is 39.2 Å².